The first-order chi connectivity index (χ1) is 15.0. The van der Waals surface area contributed by atoms with Gasteiger partial charge in [-0.05, 0) is 30.7 Å². The van der Waals surface area contributed by atoms with Crippen molar-refractivity contribution >= 4 is 12.2 Å². The fourth-order valence-corrected chi connectivity index (χ4v) is 2.36. The predicted octanol–water partition coefficient (Wildman–Crippen LogP) is 3.27. The van der Waals surface area contributed by atoms with Crippen molar-refractivity contribution in [1.29, 1.82) is 0 Å². The van der Waals surface area contributed by atoms with Gasteiger partial charge in [0.05, 0.1) is 12.2 Å². The Morgan fingerprint density at radius 1 is 1.19 bits per heavy atom. The molecule has 0 aliphatic heterocycles. The zero-order valence-electron chi connectivity index (χ0n) is 17.0. The van der Waals surface area contributed by atoms with Gasteiger partial charge in [-0.1, -0.05) is 18.2 Å². The van der Waals surface area contributed by atoms with Crippen molar-refractivity contribution < 1.29 is 32.9 Å². The molecule has 0 saturated heterocycles. The fraction of sp³-hybridized carbons (Fsp3) is 0.263. The van der Waals surface area contributed by atoms with Gasteiger partial charge >= 0.3 is 6.18 Å². The van der Waals surface area contributed by atoms with E-state index in [-0.39, 0.29) is 18.1 Å². The number of rotatable bonds is 8. The van der Waals surface area contributed by atoms with Crippen LogP contribution in [0.25, 0.3) is 0 Å². The molecule has 10 nitrogen and oxygen atoms in total. The zero-order chi connectivity index (χ0) is 24.1. The third-order valence-electron chi connectivity index (χ3n) is 3.51. The van der Waals surface area contributed by atoms with Gasteiger partial charge in [-0.3, -0.25) is 0 Å². The largest absolute Gasteiger partial charge is 0.493 e. The lowest BCUT2D eigenvalue weighted by molar-refractivity contribution is -0.742. The number of ether oxygens (including phenoxy) is 2. The average molecular weight is 457 g/mol. The number of benzene rings is 2. The first-order valence-electron chi connectivity index (χ1n) is 8.95. The van der Waals surface area contributed by atoms with Crippen molar-refractivity contribution in [2.45, 2.75) is 26.1 Å². The molecule has 0 bridgehead atoms. The first kappa shape index (κ1) is 26.0. The second kappa shape index (κ2) is 12.6. The third kappa shape index (κ3) is 10.7. The van der Waals surface area contributed by atoms with Crippen molar-refractivity contribution in [3.8, 4) is 11.5 Å². The van der Waals surface area contributed by atoms with Crippen molar-refractivity contribution in [3.63, 3.8) is 0 Å². The van der Waals surface area contributed by atoms with Crippen molar-refractivity contribution in [2.75, 3.05) is 6.61 Å². The highest BCUT2D eigenvalue weighted by Crippen LogP contribution is 2.32. The van der Waals surface area contributed by atoms with Crippen molar-refractivity contribution in [3.05, 3.63) is 69.3 Å². The summed E-state index contributed by atoms with van der Waals surface area (Å²) >= 11 is 0. The minimum atomic E-state index is -4.43. The van der Waals surface area contributed by atoms with Crippen LogP contribution in [0.5, 0.6) is 11.5 Å². The van der Waals surface area contributed by atoms with Crippen LogP contribution in [-0.4, -0.2) is 29.1 Å². The fourth-order valence-electron chi connectivity index (χ4n) is 2.36. The van der Waals surface area contributed by atoms with E-state index >= 15 is 0 Å². The third-order valence-corrected chi connectivity index (χ3v) is 3.51. The summed E-state index contributed by atoms with van der Waals surface area (Å²) in [4.78, 5) is 8.36. The summed E-state index contributed by atoms with van der Waals surface area (Å²) in [6, 6.07) is 10.5. The summed E-state index contributed by atoms with van der Waals surface area (Å²) in [5, 5.41) is 20.7. The molecule has 13 heteroatoms. The molecule has 0 saturated carbocycles. The molecule has 0 spiro atoms. The van der Waals surface area contributed by atoms with E-state index in [1.54, 1.807) is 24.3 Å². The summed E-state index contributed by atoms with van der Waals surface area (Å²) in [5.74, 6) is 0.820. The Bertz CT molecular complexity index is 943. The number of nitrogens with zero attached hydrogens (tertiary/aromatic N) is 3. The number of hydrogen-bond acceptors (Lipinski definition) is 6. The number of hydrogen-bond donors (Lipinski definition) is 3. The molecular formula is C19H22F3N5O5. The Labute approximate surface area is 181 Å². The standard InChI is InChI=1S/C19H21F3N4O2.HNO3/c1-13-9-15(27-8-4-7-25-26-18(23)24)11-16(10-13)28-12-14-5-2-3-6-17(14)19(20,21)22;2-1(3)4/h2-3,5-7,9-11H,4,8,12H2,1H3,(H4,23,24,26);(H,2,3,4)/b25-7-;. The zero-order valence-corrected chi connectivity index (χ0v) is 17.0. The van der Waals surface area contributed by atoms with E-state index in [2.05, 4.69) is 10.2 Å². The lowest BCUT2D eigenvalue weighted by Crippen LogP contribution is -2.21. The number of guanidine groups is 1. The van der Waals surface area contributed by atoms with Gasteiger partial charge in [-0.2, -0.15) is 18.3 Å². The molecule has 2 aromatic rings. The maximum atomic E-state index is 13.1. The molecule has 0 atom stereocenters. The van der Waals surface area contributed by atoms with Crippen LogP contribution in [0.4, 0.5) is 13.2 Å². The van der Waals surface area contributed by atoms with Gasteiger partial charge in [0.1, 0.15) is 18.1 Å². The molecular weight excluding hydrogens is 435 g/mol. The minimum absolute atomic E-state index is 0.0647. The smallest absolute Gasteiger partial charge is 0.416 e. The highest BCUT2D eigenvalue weighted by molar-refractivity contribution is 5.76. The Kier molecular flexibility index (Phi) is 10.3. The Morgan fingerprint density at radius 2 is 1.78 bits per heavy atom. The monoisotopic (exact) mass is 457 g/mol. The maximum Gasteiger partial charge on any atom is 0.416 e. The minimum Gasteiger partial charge on any atom is -0.493 e. The molecule has 0 amide bonds. The Morgan fingerprint density at radius 3 is 2.38 bits per heavy atom. The molecule has 0 aromatic heterocycles. The second-order valence-corrected chi connectivity index (χ2v) is 6.12. The van der Waals surface area contributed by atoms with Crippen molar-refractivity contribution in [1.82, 2.24) is 0 Å². The van der Waals surface area contributed by atoms with Crippen LogP contribution in [0, 0.1) is 17.0 Å². The molecule has 0 unspecified atom stereocenters. The molecule has 0 heterocycles. The summed E-state index contributed by atoms with van der Waals surface area (Å²) in [6.07, 6.45) is -2.46. The van der Waals surface area contributed by atoms with E-state index < -0.39 is 16.8 Å². The molecule has 174 valence electrons. The normalized spacial score (nSPS) is 10.8. The molecule has 5 N–H and O–H groups in total. The molecule has 0 aliphatic carbocycles. The number of alkyl halides is 3. The molecule has 0 fully saturated rings. The molecule has 2 aromatic carbocycles. The lowest BCUT2D eigenvalue weighted by Gasteiger charge is -2.14. The van der Waals surface area contributed by atoms with Crippen LogP contribution >= 0.6 is 0 Å². The average Bonchev–Trinajstić information content (AvgIpc) is 2.67. The van der Waals surface area contributed by atoms with Crippen LogP contribution in [0.1, 0.15) is 23.1 Å². The maximum absolute atomic E-state index is 13.1. The molecule has 0 aliphatic rings. The van der Waals surface area contributed by atoms with E-state index in [1.165, 1.54) is 18.3 Å². The van der Waals surface area contributed by atoms with Crippen molar-refractivity contribution in [2.24, 2.45) is 21.7 Å². The van der Waals surface area contributed by atoms with Gasteiger partial charge in [0.15, 0.2) is 0 Å². The number of aryl methyl sites for hydroxylation is 1. The molecule has 0 radical (unpaired) electrons. The van der Waals surface area contributed by atoms with Crippen LogP contribution in [0.15, 0.2) is 52.7 Å². The number of halogens is 3. The summed E-state index contributed by atoms with van der Waals surface area (Å²) in [6.45, 7) is 1.95. The molecule has 32 heavy (non-hydrogen) atoms. The van der Waals surface area contributed by atoms with E-state index in [1.807, 2.05) is 6.92 Å². The topological polar surface area (TPSA) is 159 Å². The van der Waals surface area contributed by atoms with Gasteiger partial charge in [0.2, 0.25) is 5.96 Å². The quantitative estimate of drug-likeness (QED) is 0.180. The summed E-state index contributed by atoms with van der Waals surface area (Å²) in [7, 11) is 0. The van der Waals surface area contributed by atoms with E-state index in [4.69, 9.17) is 36.3 Å². The first-order valence-corrected chi connectivity index (χ1v) is 8.95. The van der Waals surface area contributed by atoms with Crippen LogP contribution < -0.4 is 20.9 Å². The second-order valence-electron chi connectivity index (χ2n) is 6.12. The predicted molar refractivity (Wildman–Crippen MR) is 110 cm³/mol. The van der Waals surface area contributed by atoms with Gasteiger partial charge in [-0.25, -0.2) is 0 Å². The Hall–Kier alpha value is -4.03. The summed E-state index contributed by atoms with van der Waals surface area (Å²) < 4.78 is 50.4. The number of nitrogens with two attached hydrogens (primary N) is 2. The van der Waals surface area contributed by atoms with Crippen LogP contribution in [0.3, 0.4) is 0 Å². The highest BCUT2D eigenvalue weighted by Gasteiger charge is 2.32. The SMILES string of the molecule is Cc1cc(OCC/C=N\N=C(N)N)cc(OCc2ccccc2C(F)(F)F)c1.O=[N+]([O-])O. The Balaban J connectivity index is 0.00000118. The van der Waals surface area contributed by atoms with E-state index in [0.717, 1.165) is 11.6 Å². The lowest BCUT2D eigenvalue weighted by atomic mass is 10.1. The van der Waals surface area contributed by atoms with Gasteiger partial charge < -0.3 is 26.1 Å². The van der Waals surface area contributed by atoms with E-state index in [0.29, 0.717) is 24.5 Å². The highest BCUT2D eigenvalue weighted by atomic mass is 19.4. The van der Waals surface area contributed by atoms with Crippen LogP contribution in [-0.2, 0) is 12.8 Å². The molecule has 2 rings (SSSR count). The van der Waals surface area contributed by atoms with Gasteiger partial charge in [0.25, 0.3) is 5.09 Å². The van der Waals surface area contributed by atoms with Crippen LogP contribution in [0.2, 0.25) is 0 Å². The van der Waals surface area contributed by atoms with Gasteiger partial charge in [-0.15, -0.1) is 15.2 Å². The van der Waals surface area contributed by atoms with Gasteiger partial charge in [0, 0.05) is 24.3 Å². The van der Waals surface area contributed by atoms with E-state index in [9.17, 15) is 13.2 Å². The summed E-state index contributed by atoms with van der Waals surface area (Å²) in [5.41, 5.74) is 10.5.